The van der Waals surface area contributed by atoms with E-state index in [1.165, 1.54) is 12.8 Å². The van der Waals surface area contributed by atoms with E-state index >= 15 is 0 Å². The van der Waals surface area contributed by atoms with Crippen LogP contribution < -0.4 is 10.2 Å². The lowest BCUT2D eigenvalue weighted by atomic mass is 10.1. The molecule has 2 rings (SSSR count). The van der Waals surface area contributed by atoms with Crippen molar-refractivity contribution in [3.63, 3.8) is 0 Å². The molecule has 1 unspecified atom stereocenters. The summed E-state index contributed by atoms with van der Waals surface area (Å²) in [6.45, 7) is 6.79. The predicted molar refractivity (Wildman–Crippen MR) is 80.9 cm³/mol. The Balaban J connectivity index is 1.84. The summed E-state index contributed by atoms with van der Waals surface area (Å²) in [6, 6.07) is 0.461. The van der Waals surface area contributed by atoms with Crippen LogP contribution >= 0.6 is 0 Å². The van der Waals surface area contributed by atoms with Gasteiger partial charge in [0.2, 0.25) is 0 Å². The zero-order chi connectivity index (χ0) is 14.4. The number of nitrogens with one attached hydrogen (secondary N) is 1. The first-order valence-corrected chi connectivity index (χ1v) is 7.52. The minimum absolute atomic E-state index is 0.331. The molecule has 0 saturated carbocycles. The van der Waals surface area contributed by atoms with Crippen LogP contribution in [-0.4, -0.2) is 42.3 Å². The summed E-state index contributed by atoms with van der Waals surface area (Å²) in [7, 11) is 2.05. The summed E-state index contributed by atoms with van der Waals surface area (Å²) in [5.41, 5.74) is 0.977. The molecule has 0 radical (unpaired) electrons. The quantitative estimate of drug-likeness (QED) is 0.862. The molecular weight excluding hydrogens is 252 g/mol. The maximum Gasteiger partial charge on any atom is 0.146 e. The Bertz CT molecular complexity index is 387. The van der Waals surface area contributed by atoms with E-state index in [0.29, 0.717) is 12.1 Å². The van der Waals surface area contributed by atoms with E-state index < -0.39 is 0 Å². The molecule has 1 atom stereocenters. The first-order chi connectivity index (χ1) is 9.65. The summed E-state index contributed by atoms with van der Waals surface area (Å²) < 4.78 is 5.76. The fourth-order valence-electron chi connectivity index (χ4n) is 2.30. The standard InChI is InChI=1S/C15H26N4O/c1-12(2)16-8-13-9-18-15(10-17-13)19(3)11-14-6-4-5-7-20-14/h9-10,12,14,16H,4-8,11H2,1-3H3. The van der Waals surface area contributed by atoms with Gasteiger partial charge in [0.25, 0.3) is 0 Å². The topological polar surface area (TPSA) is 50.3 Å². The minimum Gasteiger partial charge on any atom is -0.376 e. The van der Waals surface area contributed by atoms with Gasteiger partial charge in [-0.3, -0.25) is 4.98 Å². The fourth-order valence-corrected chi connectivity index (χ4v) is 2.30. The van der Waals surface area contributed by atoms with Crippen molar-refractivity contribution in [3.8, 4) is 0 Å². The number of hydrogen-bond acceptors (Lipinski definition) is 5. The van der Waals surface area contributed by atoms with Crippen molar-refractivity contribution in [2.75, 3.05) is 25.1 Å². The number of ether oxygens (including phenoxy) is 1. The van der Waals surface area contributed by atoms with Gasteiger partial charge < -0.3 is 15.0 Å². The lowest BCUT2D eigenvalue weighted by Crippen LogP contribution is -2.33. The fraction of sp³-hybridized carbons (Fsp3) is 0.733. The molecule has 2 heterocycles. The van der Waals surface area contributed by atoms with Crippen LogP contribution in [0.3, 0.4) is 0 Å². The summed E-state index contributed by atoms with van der Waals surface area (Å²) in [5, 5.41) is 3.34. The molecule has 20 heavy (non-hydrogen) atoms. The average molecular weight is 278 g/mol. The van der Waals surface area contributed by atoms with E-state index in [1.807, 2.05) is 19.4 Å². The van der Waals surface area contributed by atoms with Gasteiger partial charge in [0.05, 0.1) is 24.2 Å². The van der Waals surface area contributed by atoms with Crippen molar-refractivity contribution >= 4 is 5.82 Å². The first kappa shape index (κ1) is 15.2. The Labute approximate surface area is 121 Å². The molecule has 1 fully saturated rings. The minimum atomic E-state index is 0.331. The Kier molecular flexibility index (Phi) is 5.73. The maximum atomic E-state index is 5.76. The number of rotatable bonds is 6. The Morgan fingerprint density at radius 1 is 1.35 bits per heavy atom. The maximum absolute atomic E-state index is 5.76. The monoisotopic (exact) mass is 278 g/mol. The van der Waals surface area contributed by atoms with E-state index in [-0.39, 0.29) is 0 Å². The van der Waals surface area contributed by atoms with Gasteiger partial charge in [0.15, 0.2) is 0 Å². The number of anilines is 1. The molecular formula is C15H26N4O. The number of nitrogens with zero attached hydrogens (tertiary/aromatic N) is 3. The molecule has 0 aliphatic carbocycles. The Morgan fingerprint density at radius 2 is 2.20 bits per heavy atom. The van der Waals surface area contributed by atoms with Gasteiger partial charge in [-0.05, 0) is 19.3 Å². The molecule has 5 heteroatoms. The first-order valence-electron chi connectivity index (χ1n) is 7.52. The summed E-state index contributed by atoms with van der Waals surface area (Å²) in [6.07, 6.45) is 7.64. The molecule has 0 spiro atoms. The van der Waals surface area contributed by atoms with Crippen molar-refractivity contribution < 1.29 is 4.74 Å². The normalized spacial score (nSPS) is 19.3. The van der Waals surface area contributed by atoms with Gasteiger partial charge >= 0.3 is 0 Å². The highest BCUT2D eigenvalue weighted by molar-refractivity contribution is 5.34. The third-order valence-electron chi connectivity index (χ3n) is 3.53. The largest absolute Gasteiger partial charge is 0.376 e. The smallest absolute Gasteiger partial charge is 0.146 e. The van der Waals surface area contributed by atoms with E-state index in [4.69, 9.17) is 4.74 Å². The summed E-state index contributed by atoms with van der Waals surface area (Å²) in [4.78, 5) is 11.1. The molecule has 112 valence electrons. The molecule has 1 N–H and O–H groups in total. The van der Waals surface area contributed by atoms with Crippen molar-refractivity contribution in [2.24, 2.45) is 0 Å². The lowest BCUT2D eigenvalue weighted by Gasteiger charge is -2.27. The summed E-state index contributed by atoms with van der Waals surface area (Å²) in [5.74, 6) is 0.910. The van der Waals surface area contributed by atoms with E-state index in [9.17, 15) is 0 Å². The van der Waals surface area contributed by atoms with E-state index in [2.05, 4.69) is 34.0 Å². The second-order valence-corrected chi connectivity index (χ2v) is 5.77. The van der Waals surface area contributed by atoms with Gasteiger partial charge in [-0.2, -0.15) is 0 Å². The van der Waals surface area contributed by atoms with Gasteiger partial charge in [-0.1, -0.05) is 13.8 Å². The molecule has 1 aromatic rings. The second kappa shape index (κ2) is 7.55. The predicted octanol–water partition coefficient (Wildman–Crippen LogP) is 1.98. The van der Waals surface area contributed by atoms with Crippen LogP contribution in [0.15, 0.2) is 12.4 Å². The SMILES string of the molecule is CC(C)NCc1cnc(N(C)CC2CCCCO2)cn1. The molecule has 0 amide bonds. The highest BCUT2D eigenvalue weighted by atomic mass is 16.5. The highest BCUT2D eigenvalue weighted by Gasteiger charge is 2.16. The number of hydrogen-bond donors (Lipinski definition) is 1. The molecule has 0 bridgehead atoms. The molecule has 5 nitrogen and oxygen atoms in total. The molecule has 1 aliphatic rings. The Morgan fingerprint density at radius 3 is 2.80 bits per heavy atom. The average Bonchev–Trinajstić information content (AvgIpc) is 2.46. The third-order valence-corrected chi connectivity index (χ3v) is 3.53. The van der Waals surface area contributed by atoms with Crippen LogP contribution in [0.1, 0.15) is 38.8 Å². The Hall–Kier alpha value is -1.20. The number of aromatic nitrogens is 2. The molecule has 1 aromatic heterocycles. The van der Waals surface area contributed by atoms with Crippen LogP contribution in [0.25, 0.3) is 0 Å². The number of likely N-dealkylation sites (N-methyl/N-ethyl adjacent to an activating group) is 1. The molecule has 0 aromatic carbocycles. The van der Waals surface area contributed by atoms with Crippen molar-refractivity contribution in [2.45, 2.75) is 51.8 Å². The van der Waals surface area contributed by atoms with E-state index in [1.54, 1.807) is 0 Å². The molecule has 1 aliphatic heterocycles. The van der Waals surface area contributed by atoms with Crippen molar-refractivity contribution in [1.29, 1.82) is 0 Å². The zero-order valence-corrected chi connectivity index (χ0v) is 12.8. The second-order valence-electron chi connectivity index (χ2n) is 5.77. The van der Waals surface area contributed by atoms with Crippen molar-refractivity contribution in [1.82, 2.24) is 15.3 Å². The van der Waals surface area contributed by atoms with Gasteiger partial charge in [-0.25, -0.2) is 4.98 Å². The van der Waals surface area contributed by atoms with E-state index in [0.717, 1.165) is 37.6 Å². The summed E-state index contributed by atoms with van der Waals surface area (Å²) >= 11 is 0. The zero-order valence-electron chi connectivity index (χ0n) is 12.8. The lowest BCUT2D eigenvalue weighted by molar-refractivity contribution is 0.0215. The van der Waals surface area contributed by atoms with Crippen LogP contribution in [0.5, 0.6) is 0 Å². The van der Waals surface area contributed by atoms with Crippen LogP contribution in [0.2, 0.25) is 0 Å². The molecule has 1 saturated heterocycles. The van der Waals surface area contributed by atoms with Crippen LogP contribution in [0, 0.1) is 0 Å². The van der Waals surface area contributed by atoms with Gasteiger partial charge in [0, 0.05) is 32.8 Å². The van der Waals surface area contributed by atoms with Gasteiger partial charge in [0.1, 0.15) is 5.82 Å². The highest BCUT2D eigenvalue weighted by Crippen LogP contribution is 2.16. The van der Waals surface area contributed by atoms with Crippen molar-refractivity contribution in [3.05, 3.63) is 18.1 Å². The van der Waals surface area contributed by atoms with Gasteiger partial charge in [-0.15, -0.1) is 0 Å². The van der Waals surface area contributed by atoms with Crippen LogP contribution in [0.4, 0.5) is 5.82 Å². The van der Waals surface area contributed by atoms with Crippen LogP contribution in [-0.2, 0) is 11.3 Å². The third kappa shape index (κ3) is 4.72.